The van der Waals surface area contributed by atoms with E-state index in [1.165, 1.54) is 18.4 Å². The second kappa shape index (κ2) is 6.16. The van der Waals surface area contributed by atoms with Gasteiger partial charge in [-0.05, 0) is 31.2 Å². The molecular weight excluding hydrogens is 262 g/mol. The number of hydrogen-bond acceptors (Lipinski definition) is 3. The van der Waals surface area contributed by atoms with Gasteiger partial charge in [-0.2, -0.15) is 0 Å². The van der Waals surface area contributed by atoms with Gasteiger partial charge in [-0.1, -0.05) is 30.3 Å². The molecule has 0 aromatic heterocycles. The summed E-state index contributed by atoms with van der Waals surface area (Å²) in [5.41, 5.74) is 7.27. The van der Waals surface area contributed by atoms with E-state index in [2.05, 4.69) is 17.0 Å². The van der Waals surface area contributed by atoms with Crippen molar-refractivity contribution >= 4 is 5.91 Å². The van der Waals surface area contributed by atoms with Crippen molar-refractivity contribution in [2.45, 2.75) is 50.4 Å². The van der Waals surface area contributed by atoms with Crippen LogP contribution < -0.4 is 5.73 Å². The van der Waals surface area contributed by atoms with Gasteiger partial charge in [0, 0.05) is 31.7 Å². The van der Waals surface area contributed by atoms with Crippen molar-refractivity contribution < 1.29 is 4.79 Å². The molecule has 2 atom stereocenters. The fourth-order valence-electron chi connectivity index (χ4n) is 3.80. The van der Waals surface area contributed by atoms with Gasteiger partial charge in [0.15, 0.2) is 0 Å². The molecule has 2 heterocycles. The average molecular weight is 287 g/mol. The van der Waals surface area contributed by atoms with Gasteiger partial charge in [-0.3, -0.25) is 9.69 Å². The number of carbonyl (C=O) groups excluding carboxylic acids is 1. The van der Waals surface area contributed by atoms with Crippen LogP contribution in [0.25, 0.3) is 0 Å². The van der Waals surface area contributed by atoms with E-state index in [4.69, 9.17) is 5.73 Å². The van der Waals surface area contributed by atoms with E-state index in [-0.39, 0.29) is 5.91 Å². The normalized spacial score (nSPS) is 28.6. The van der Waals surface area contributed by atoms with Crippen LogP contribution in [-0.4, -0.2) is 47.4 Å². The van der Waals surface area contributed by atoms with Crippen molar-refractivity contribution in [3.8, 4) is 0 Å². The lowest BCUT2D eigenvalue weighted by molar-refractivity contribution is -0.132. The molecular formula is C17H25N3O. The molecule has 1 aromatic rings. The Kier molecular flexibility index (Phi) is 4.27. The van der Waals surface area contributed by atoms with Gasteiger partial charge >= 0.3 is 0 Å². The first-order valence-corrected chi connectivity index (χ1v) is 7.92. The van der Waals surface area contributed by atoms with Crippen molar-refractivity contribution in [3.63, 3.8) is 0 Å². The Balaban J connectivity index is 1.57. The average Bonchev–Trinajstić information content (AvgIpc) is 2.71. The number of nitrogens with zero attached hydrogens (tertiary/aromatic N) is 2. The van der Waals surface area contributed by atoms with Crippen LogP contribution in [0.3, 0.4) is 0 Å². The van der Waals surface area contributed by atoms with Crippen LogP contribution in [0.4, 0.5) is 0 Å². The molecule has 2 bridgehead atoms. The summed E-state index contributed by atoms with van der Waals surface area (Å²) >= 11 is 0. The first kappa shape index (κ1) is 14.5. The molecule has 2 saturated heterocycles. The van der Waals surface area contributed by atoms with Gasteiger partial charge in [-0.25, -0.2) is 0 Å². The van der Waals surface area contributed by atoms with E-state index >= 15 is 0 Å². The third kappa shape index (κ3) is 3.27. The van der Waals surface area contributed by atoms with Gasteiger partial charge < -0.3 is 10.6 Å². The van der Waals surface area contributed by atoms with E-state index < -0.39 is 0 Å². The van der Waals surface area contributed by atoms with Gasteiger partial charge in [-0.15, -0.1) is 0 Å². The minimum atomic E-state index is 0.214. The predicted octanol–water partition coefficient (Wildman–Crippen LogP) is 1.60. The van der Waals surface area contributed by atoms with E-state index in [0.717, 1.165) is 12.8 Å². The summed E-state index contributed by atoms with van der Waals surface area (Å²) in [7, 11) is 1.90. The van der Waals surface area contributed by atoms with Crippen molar-refractivity contribution in [2.75, 3.05) is 13.6 Å². The third-order valence-corrected chi connectivity index (χ3v) is 4.93. The highest BCUT2D eigenvalue weighted by molar-refractivity contribution is 5.78. The van der Waals surface area contributed by atoms with Crippen LogP contribution in [0.5, 0.6) is 0 Å². The number of hydrogen-bond donors (Lipinski definition) is 1. The lowest BCUT2D eigenvalue weighted by Crippen LogP contribution is -2.50. The Bertz CT molecular complexity index is 476. The molecule has 0 spiro atoms. The summed E-state index contributed by atoms with van der Waals surface area (Å²) in [6.45, 7) is 1.23. The monoisotopic (exact) mass is 287 g/mol. The van der Waals surface area contributed by atoms with Gasteiger partial charge in [0.05, 0.1) is 6.54 Å². The lowest BCUT2D eigenvalue weighted by Gasteiger charge is -2.37. The van der Waals surface area contributed by atoms with Crippen molar-refractivity contribution in [1.82, 2.24) is 9.80 Å². The molecule has 2 fully saturated rings. The number of nitrogens with two attached hydrogens (primary N) is 1. The quantitative estimate of drug-likeness (QED) is 0.915. The maximum atomic E-state index is 12.5. The SMILES string of the molecule is CN(Cc1ccccc1)C(=O)CN1C2CCC1CC(N)C2. The van der Waals surface area contributed by atoms with E-state index in [1.54, 1.807) is 0 Å². The van der Waals surface area contributed by atoms with Crippen LogP contribution in [0.15, 0.2) is 30.3 Å². The smallest absolute Gasteiger partial charge is 0.236 e. The van der Waals surface area contributed by atoms with Crippen LogP contribution >= 0.6 is 0 Å². The second-order valence-corrected chi connectivity index (χ2v) is 6.52. The summed E-state index contributed by atoms with van der Waals surface area (Å²) in [5, 5.41) is 0. The highest BCUT2D eigenvalue weighted by atomic mass is 16.2. The van der Waals surface area contributed by atoms with E-state index in [0.29, 0.717) is 31.2 Å². The molecule has 0 aliphatic carbocycles. The number of likely N-dealkylation sites (N-methyl/N-ethyl adjacent to an activating group) is 1. The number of fused-ring (bicyclic) bond motifs is 2. The Hall–Kier alpha value is -1.39. The zero-order valence-corrected chi connectivity index (χ0v) is 12.7. The summed E-state index contributed by atoms with van der Waals surface area (Å²) in [5.74, 6) is 0.214. The van der Waals surface area contributed by atoms with Crippen molar-refractivity contribution in [1.29, 1.82) is 0 Å². The first-order valence-electron chi connectivity index (χ1n) is 7.92. The number of benzene rings is 1. The standard InChI is InChI=1S/C17H25N3O/c1-19(11-13-5-3-2-4-6-13)17(21)12-20-15-7-8-16(20)10-14(18)9-15/h2-6,14-16H,7-12,18H2,1H3. The number of piperidine rings is 1. The molecule has 2 aliphatic heterocycles. The zero-order valence-electron chi connectivity index (χ0n) is 12.7. The Labute approximate surface area is 126 Å². The molecule has 2 unspecified atom stereocenters. The highest BCUT2D eigenvalue weighted by Gasteiger charge is 2.40. The van der Waals surface area contributed by atoms with Crippen molar-refractivity contribution in [3.05, 3.63) is 35.9 Å². The Morgan fingerprint density at radius 3 is 2.48 bits per heavy atom. The summed E-state index contributed by atoms with van der Waals surface area (Å²) in [6, 6.07) is 11.5. The van der Waals surface area contributed by atoms with Gasteiger partial charge in [0.2, 0.25) is 5.91 Å². The Morgan fingerprint density at radius 1 is 1.24 bits per heavy atom. The summed E-state index contributed by atoms with van der Waals surface area (Å²) < 4.78 is 0. The minimum absolute atomic E-state index is 0.214. The molecule has 2 N–H and O–H groups in total. The predicted molar refractivity (Wildman–Crippen MR) is 83.6 cm³/mol. The summed E-state index contributed by atoms with van der Waals surface area (Å²) in [6.07, 6.45) is 4.50. The molecule has 21 heavy (non-hydrogen) atoms. The molecule has 1 aromatic carbocycles. The lowest BCUT2D eigenvalue weighted by atomic mass is 9.98. The Morgan fingerprint density at radius 2 is 1.86 bits per heavy atom. The van der Waals surface area contributed by atoms with Crippen LogP contribution in [0.2, 0.25) is 0 Å². The molecule has 4 heteroatoms. The van der Waals surface area contributed by atoms with E-state index in [9.17, 15) is 4.79 Å². The van der Waals surface area contributed by atoms with Crippen LogP contribution in [0, 0.1) is 0 Å². The number of rotatable bonds is 4. The number of carbonyl (C=O) groups is 1. The molecule has 3 rings (SSSR count). The maximum absolute atomic E-state index is 12.5. The van der Waals surface area contributed by atoms with Crippen molar-refractivity contribution in [2.24, 2.45) is 5.73 Å². The first-order chi connectivity index (χ1) is 10.1. The highest BCUT2D eigenvalue weighted by Crippen LogP contribution is 2.34. The second-order valence-electron chi connectivity index (χ2n) is 6.52. The van der Waals surface area contributed by atoms with E-state index in [1.807, 2.05) is 30.1 Å². The molecule has 114 valence electrons. The largest absolute Gasteiger partial charge is 0.340 e. The zero-order chi connectivity index (χ0) is 14.8. The molecule has 0 saturated carbocycles. The van der Waals surface area contributed by atoms with Gasteiger partial charge in [0.25, 0.3) is 0 Å². The van der Waals surface area contributed by atoms with Gasteiger partial charge in [0.1, 0.15) is 0 Å². The minimum Gasteiger partial charge on any atom is -0.340 e. The maximum Gasteiger partial charge on any atom is 0.236 e. The number of amides is 1. The third-order valence-electron chi connectivity index (χ3n) is 4.93. The molecule has 4 nitrogen and oxygen atoms in total. The fraction of sp³-hybridized carbons (Fsp3) is 0.588. The summed E-state index contributed by atoms with van der Waals surface area (Å²) in [4.78, 5) is 16.7. The molecule has 0 radical (unpaired) electrons. The molecule has 2 aliphatic rings. The molecule has 1 amide bonds. The topological polar surface area (TPSA) is 49.6 Å². The van der Waals surface area contributed by atoms with Crippen LogP contribution in [-0.2, 0) is 11.3 Å². The fourth-order valence-corrected chi connectivity index (χ4v) is 3.80. The van der Waals surface area contributed by atoms with Crippen LogP contribution in [0.1, 0.15) is 31.2 Å².